The quantitative estimate of drug-likeness (QED) is 0.731. The van der Waals surface area contributed by atoms with Gasteiger partial charge in [-0.1, -0.05) is 44.2 Å². The fourth-order valence-electron chi connectivity index (χ4n) is 5.00. The maximum absolute atomic E-state index is 12.5. The number of halogens is 2. The number of hydrogen-bond acceptors (Lipinski definition) is 4. The monoisotopic (exact) mass is 444 g/mol. The summed E-state index contributed by atoms with van der Waals surface area (Å²) in [6.07, 6.45) is 0.639. The molecule has 1 aromatic carbocycles. The molecule has 2 aliphatic heterocycles. The van der Waals surface area contributed by atoms with Crippen molar-refractivity contribution in [3.05, 3.63) is 35.9 Å². The van der Waals surface area contributed by atoms with E-state index in [9.17, 15) is 4.79 Å². The van der Waals surface area contributed by atoms with Crippen molar-refractivity contribution < 1.29 is 4.79 Å². The predicted molar refractivity (Wildman–Crippen MR) is 125 cm³/mol. The molecule has 2 aliphatic rings. The number of piperidine rings is 1. The number of amides is 1. The Balaban J connectivity index is 0.00000210. The summed E-state index contributed by atoms with van der Waals surface area (Å²) < 4.78 is 0. The highest BCUT2D eigenvalue weighted by atomic mass is 35.5. The summed E-state index contributed by atoms with van der Waals surface area (Å²) in [6, 6.07) is 11.3. The van der Waals surface area contributed by atoms with Gasteiger partial charge in [0.15, 0.2) is 0 Å². The second-order valence-electron chi connectivity index (χ2n) is 8.49. The fourth-order valence-corrected chi connectivity index (χ4v) is 5.00. The summed E-state index contributed by atoms with van der Waals surface area (Å²) in [5, 5.41) is 3.31. The zero-order chi connectivity index (χ0) is 19.2. The zero-order valence-corrected chi connectivity index (χ0v) is 19.7. The van der Waals surface area contributed by atoms with Gasteiger partial charge in [0.2, 0.25) is 5.91 Å². The molecule has 1 N–H and O–H groups in total. The van der Waals surface area contributed by atoms with Crippen LogP contribution in [0.15, 0.2) is 30.3 Å². The van der Waals surface area contributed by atoms with Gasteiger partial charge in [-0.05, 0) is 24.4 Å². The first-order valence-corrected chi connectivity index (χ1v) is 10.5. The van der Waals surface area contributed by atoms with Gasteiger partial charge in [0, 0.05) is 64.8 Å². The molecule has 2 atom stereocenters. The van der Waals surface area contributed by atoms with Crippen LogP contribution in [0.2, 0.25) is 0 Å². The van der Waals surface area contributed by atoms with Gasteiger partial charge >= 0.3 is 0 Å². The van der Waals surface area contributed by atoms with E-state index in [0.29, 0.717) is 30.2 Å². The molecule has 3 rings (SSSR count). The molecule has 2 saturated heterocycles. The van der Waals surface area contributed by atoms with E-state index >= 15 is 0 Å². The first kappa shape index (κ1) is 26.2. The Bertz CT molecular complexity index is 586. The van der Waals surface area contributed by atoms with Crippen LogP contribution in [0.5, 0.6) is 0 Å². The maximum Gasteiger partial charge on any atom is 0.223 e. The highest BCUT2D eigenvalue weighted by molar-refractivity contribution is 5.85. The van der Waals surface area contributed by atoms with E-state index in [2.05, 4.69) is 66.3 Å². The third kappa shape index (κ3) is 7.41. The molecule has 166 valence electrons. The summed E-state index contributed by atoms with van der Waals surface area (Å²) in [7, 11) is 2.20. The minimum Gasteiger partial charge on any atom is -0.340 e. The van der Waals surface area contributed by atoms with Crippen LogP contribution in [0.25, 0.3) is 0 Å². The van der Waals surface area contributed by atoms with Crippen molar-refractivity contribution in [3.8, 4) is 0 Å². The molecule has 0 radical (unpaired) electrons. The van der Waals surface area contributed by atoms with E-state index < -0.39 is 0 Å². The normalized spacial score (nSPS) is 25.2. The number of benzene rings is 1. The largest absolute Gasteiger partial charge is 0.340 e. The predicted octanol–water partition coefficient (Wildman–Crippen LogP) is 2.74. The Labute approximate surface area is 189 Å². The second kappa shape index (κ2) is 12.8. The Hall–Kier alpha value is -0.850. The summed E-state index contributed by atoms with van der Waals surface area (Å²) >= 11 is 0. The fraction of sp³-hybridized carbons (Fsp3) is 0.682. The van der Waals surface area contributed by atoms with E-state index in [-0.39, 0.29) is 24.8 Å². The standard InChI is InChI=1S/C22H36N4O.2ClH/c1-18-15-25(17-20-7-5-4-6-8-20)16-19(2)22(18)24(3)12-9-21(27)26-13-10-23-11-14-26;;/h4-8,18-19,22-23H,9-17H2,1-3H3;2*1H. The molecule has 7 heteroatoms. The van der Waals surface area contributed by atoms with E-state index in [0.717, 1.165) is 52.4 Å². The zero-order valence-electron chi connectivity index (χ0n) is 18.0. The number of rotatable bonds is 6. The van der Waals surface area contributed by atoms with Crippen molar-refractivity contribution in [2.24, 2.45) is 11.8 Å². The van der Waals surface area contributed by atoms with Crippen LogP contribution in [-0.4, -0.2) is 79.5 Å². The number of nitrogens with zero attached hydrogens (tertiary/aromatic N) is 3. The average Bonchev–Trinajstić information content (AvgIpc) is 2.67. The molecule has 0 aromatic heterocycles. The first-order valence-electron chi connectivity index (χ1n) is 10.5. The molecule has 5 nitrogen and oxygen atoms in total. The van der Waals surface area contributed by atoms with Crippen molar-refractivity contribution >= 4 is 30.7 Å². The second-order valence-corrected chi connectivity index (χ2v) is 8.49. The van der Waals surface area contributed by atoms with Gasteiger partial charge in [-0.25, -0.2) is 0 Å². The van der Waals surface area contributed by atoms with Gasteiger partial charge in [-0.15, -0.1) is 24.8 Å². The molecule has 2 unspecified atom stereocenters. The van der Waals surface area contributed by atoms with Crippen molar-refractivity contribution in [2.45, 2.75) is 32.9 Å². The van der Waals surface area contributed by atoms with Crippen LogP contribution in [0.3, 0.4) is 0 Å². The van der Waals surface area contributed by atoms with E-state index in [1.165, 1.54) is 5.56 Å². The van der Waals surface area contributed by atoms with Crippen LogP contribution in [0.1, 0.15) is 25.8 Å². The highest BCUT2D eigenvalue weighted by Gasteiger charge is 2.34. The number of carbonyl (C=O) groups is 1. The van der Waals surface area contributed by atoms with Crippen LogP contribution in [-0.2, 0) is 11.3 Å². The molecule has 2 fully saturated rings. The number of hydrogen-bond donors (Lipinski definition) is 1. The van der Waals surface area contributed by atoms with Gasteiger partial charge in [0.05, 0.1) is 0 Å². The van der Waals surface area contributed by atoms with Crippen LogP contribution in [0.4, 0.5) is 0 Å². The topological polar surface area (TPSA) is 38.8 Å². The minimum atomic E-state index is 0. The van der Waals surface area contributed by atoms with Gasteiger partial charge in [0.25, 0.3) is 0 Å². The first-order chi connectivity index (χ1) is 13.0. The maximum atomic E-state index is 12.5. The van der Waals surface area contributed by atoms with Crippen molar-refractivity contribution in [3.63, 3.8) is 0 Å². The van der Waals surface area contributed by atoms with Crippen molar-refractivity contribution in [1.82, 2.24) is 20.0 Å². The summed E-state index contributed by atoms with van der Waals surface area (Å²) in [6.45, 7) is 12.4. The van der Waals surface area contributed by atoms with Gasteiger partial charge in [-0.2, -0.15) is 0 Å². The van der Waals surface area contributed by atoms with Gasteiger partial charge < -0.3 is 15.1 Å². The smallest absolute Gasteiger partial charge is 0.223 e. The lowest BCUT2D eigenvalue weighted by Gasteiger charge is -2.45. The van der Waals surface area contributed by atoms with E-state index in [1.807, 2.05) is 4.90 Å². The lowest BCUT2D eigenvalue weighted by Crippen LogP contribution is -2.54. The molecule has 0 saturated carbocycles. The molecular weight excluding hydrogens is 407 g/mol. The third-order valence-electron chi connectivity index (χ3n) is 6.16. The molecule has 0 bridgehead atoms. The Morgan fingerprint density at radius 3 is 2.24 bits per heavy atom. The van der Waals surface area contributed by atoms with Gasteiger partial charge in [-0.3, -0.25) is 9.69 Å². The summed E-state index contributed by atoms with van der Waals surface area (Å²) in [4.78, 5) is 19.5. The van der Waals surface area contributed by atoms with E-state index in [1.54, 1.807) is 0 Å². The third-order valence-corrected chi connectivity index (χ3v) is 6.16. The molecule has 0 aliphatic carbocycles. The van der Waals surface area contributed by atoms with Crippen molar-refractivity contribution in [2.75, 3.05) is 52.9 Å². The number of carbonyl (C=O) groups excluding carboxylic acids is 1. The molecule has 1 amide bonds. The number of piperazine rings is 1. The minimum absolute atomic E-state index is 0. The van der Waals surface area contributed by atoms with Crippen molar-refractivity contribution in [1.29, 1.82) is 0 Å². The van der Waals surface area contributed by atoms with Crippen LogP contribution >= 0.6 is 24.8 Å². The Kier molecular flexibility index (Phi) is 11.5. The SMILES string of the molecule is CC1CN(Cc2ccccc2)CC(C)C1N(C)CCC(=O)N1CCNCC1.Cl.Cl. The number of likely N-dealkylation sites (tertiary alicyclic amines) is 1. The molecule has 0 spiro atoms. The van der Waals surface area contributed by atoms with E-state index in [4.69, 9.17) is 0 Å². The lowest BCUT2D eigenvalue weighted by atomic mass is 9.84. The molecule has 1 aromatic rings. The molecule has 29 heavy (non-hydrogen) atoms. The molecule has 2 heterocycles. The van der Waals surface area contributed by atoms with Crippen LogP contribution < -0.4 is 5.32 Å². The number of nitrogens with one attached hydrogen (secondary N) is 1. The highest BCUT2D eigenvalue weighted by Crippen LogP contribution is 2.27. The lowest BCUT2D eigenvalue weighted by molar-refractivity contribution is -0.132. The Morgan fingerprint density at radius 1 is 1.07 bits per heavy atom. The Morgan fingerprint density at radius 2 is 1.66 bits per heavy atom. The van der Waals surface area contributed by atoms with Gasteiger partial charge in [0.1, 0.15) is 0 Å². The average molecular weight is 445 g/mol. The summed E-state index contributed by atoms with van der Waals surface area (Å²) in [5.41, 5.74) is 1.39. The molecular formula is C22H38Cl2N4O. The summed E-state index contributed by atoms with van der Waals surface area (Å²) in [5.74, 6) is 1.53. The van der Waals surface area contributed by atoms with Crippen LogP contribution in [0, 0.1) is 11.8 Å².